The first-order chi connectivity index (χ1) is 9.63. The molecule has 0 radical (unpaired) electrons. The average Bonchev–Trinajstić information content (AvgIpc) is 2.86. The van der Waals surface area contributed by atoms with Gasteiger partial charge in [0.1, 0.15) is 0 Å². The van der Waals surface area contributed by atoms with Gasteiger partial charge in [0.15, 0.2) is 0 Å². The molecule has 20 heavy (non-hydrogen) atoms. The second-order valence-electron chi connectivity index (χ2n) is 6.53. The van der Waals surface area contributed by atoms with Gasteiger partial charge in [0.05, 0.1) is 0 Å². The topological polar surface area (TPSA) is 12.0 Å². The number of halogens is 1. The van der Waals surface area contributed by atoms with Crippen LogP contribution in [0.1, 0.15) is 64.5 Å². The second kappa shape index (κ2) is 7.95. The van der Waals surface area contributed by atoms with Crippen LogP contribution in [0, 0.1) is 17.8 Å². The van der Waals surface area contributed by atoms with Crippen molar-refractivity contribution in [1.29, 1.82) is 0 Å². The van der Waals surface area contributed by atoms with E-state index in [1.54, 1.807) is 0 Å². The Morgan fingerprint density at radius 1 is 1.20 bits per heavy atom. The molecule has 0 spiro atoms. The average molecular weight is 358 g/mol. The molecule has 1 saturated carbocycles. The van der Waals surface area contributed by atoms with E-state index in [0.717, 1.165) is 24.3 Å². The highest BCUT2D eigenvalue weighted by Crippen LogP contribution is 2.41. The van der Waals surface area contributed by atoms with Crippen LogP contribution in [0.4, 0.5) is 0 Å². The number of nitrogens with one attached hydrogen (secondary N) is 1. The molecule has 1 N–H and O–H groups in total. The van der Waals surface area contributed by atoms with Gasteiger partial charge < -0.3 is 5.32 Å². The zero-order valence-corrected chi connectivity index (χ0v) is 15.4. The van der Waals surface area contributed by atoms with E-state index in [1.807, 2.05) is 11.3 Å². The van der Waals surface area contributed by atoms with Crippen molar-refractivity contribution in [1.82, 2.24) is 5.32 Å². The van der Waals surface area contributed by atoms with E-state index >= 15 is 0 Å². The molecule has 1 unspecified atom stereocenters. The molecule has 1 fully saturated rings. The predicted molar refractivity (Wildman–Crippen MR) is 93.3 cm³/mol. The molecule has 0 aliphatic heterocycles. The first-order valence-corrected chi connectivity index (χ1v) is 9.82. The van der Waals surface area contributed by atoms with Crippen LogP contribution in [0.5, 0.6) is 0 Å². The van der Waals surface area contributed by atoms with Crippen molar-refractivity contribution in [3.8, 4) is 0 Å². The maximum atomic E-state index is 3.80. The SMILES string of the molecule is CCCNC(c1cscc1Br)C1CCC(C(C)C)CC1. The van der Waals surface area contributed by atoms with Gasteiger partial charge >= 0.3 is 0 Å². The summed E-state index contributed by atoms with van der Waals surface area (Å²) in [6.07, 6.45) is 6.79. The Kier molecular flexibility index (Phi) is 6.57. The highest BCUT2D eigenvalue weighted by atomic mass is 79.9. The summed E-state index contributed by atoms with van der Waals surface area (Å²) in [5.74, 6) is 2.61. The van der Waals surface area contributed by atoms with E-state index in [2.05, 4.69) is 52.8 Å². The molecule has 1 aliphatic carbocycles. The maximum absolute atomic E-state index is 3.80. The third-order valence-corrected chi connectivity index (χ3v) is 6.57. The lowest BCUT2D eigenvalue weighted by Crippen LogP contribution is -2.32. The molecule has 1 nitrogen and oxygen atoms in total. The molecule has 2 rings (SSSR count). The van der Waals surface area contributed by atoms with Gasteiger partial charge in [0.25, 0.3) is 0 Å². The van der Waals surface area contributed by atoms with Crippen LogP contribution in [0.3, 0.4) is 0 Å². The van der Waals surface area contributed by atoms with E-state index < -0.39 is 0 Å². The largest absolute Gasteiger partial charge is 0.310 e. The standard InChI is InChI=1S/C17H28BrNS/c1-4-9-19-17(15-10-20-11-16(15)18)14-7-5-13(6-8-14)12(2)3/h10-14,17,19H,4-9H2,1-3H3. The van der Waals surface area contributed by atoms with Gasteiger partial charge in [-0.2, -0.15) is 11.3 Å². The Morgan fingerprint density at radius 2 is 1.85 bits per heavy atom. The van der Waals surface area contributed by atoms with Crippen LogP contribution >= 0.6 is 27.3 Å². The third kappa shape index (κ3) is 4.08. The first kappa shape index (κ1) is 16.5. The van der Waals surface area contributed by atoms with Crippen molar-refractivity contribution in [2.45, 2.75) is 58.9 Å². The number of thiophene rings is 1. The lowest BCUT2D eigenvalue weighted by molar-refractivity contribution is 0.189. The Bertz CT molecular complexity index is 393. The third-order valence-electron chi connectivity index (χ3n) is 4.82. The Hall–Kier alpha value is 0.140. The maximum Gasteiger partial charge on any atom is 0.0368 e. The molecule has 114 valence electrons. The number of hydrogen-bond acceptors (Lipinski definition) is 2. The van der Waals surface area contributed by atoms with Gasteiger partial charge in [-0.05, 0) is 83.3 Å². The van der Waals surface area contributed by atoms with Crippen molar-refractivity contribution in [3.05, 3.63) is 20.8 Å². The summed E-state index contributed by atoms with van der Waals surface area (Å²) in [5.41, 5.74) is 1.48. The van der Waals surface area contributed by atoms with Crippen LogP contribution in [-0.2, 0) is 0 Å². The molecule has 0 bridgehead atoms. The molecule has 1 aromatic rings. The Labute approximate surface area is 136 Å². The summed E-state index contributed by atoms with van der Waals surface area (Å²) >= 11 is 5.54. The smallest absolute Gasteiger partial charge is 0.0368 e. The lowest BCUT2D eigenvalue weighted by atomic mass is 9.73. The fraction of sp³-hybridized carbons (Fsp3) is 0.765. The zero-order valence-electron chi connectivity index (χ0n) is 13.0. The van der Waals surface area contributed by atoms with Crippen LogP contribution in [-0.4, -0.2) is 6.54 Å². The summed E-state index contributed by atoms with van der Waals surface area (Å²) in [7, 11) is 0. The molecular formula is C17H28BrNS. The van der Waals surface area contributed by atoms with Gasteiger partial charge in [-0.15, -0.1) is 0 Å². The summed E-state index contributed by atoms with van der Waals surface area (Å²) in [6.45, 7) is 8.14. The minimum absolute atomic E-state index is 0.545. The predicted octanol–water partition coefficient (Wildman–Crippen LogP) is 6.01. The fourth-order valence-corrected chi connectivity index (χ4v) is 5.07. The monoisotopic (exact) mass is 357 g/mol. The fourth-order valence-electron chi connectivity index (χ4n) is 3.49. The van der Waals surface area contributed by atoms with Crippen molar-refractivity contribution >= 4 is 27.3 Å². The van der Waals surface area contributed by atoms with E-state index in [1.165, 1.54) is 42.1 Å². The highest BCUT2D eigenvalue weighted by molar-refractivity contribution is 9.10. The van der Waals surface area contributed by atoms with Crippen molar-refractivity contribution < 1.29 is 0 Å². The number of rotatable bonds is 6. The molecule has 0 saturated heterocycles. The first-order valence-electron chi connectivity index (χ1n) is 8.08. The van der Waals surface area contributed by atoms with Crippen LogP contribution in [0.15, 0.2) is 15.2 Å². The van der Waals surface area contributed by atoms with Crippen molar-refractivity contribution in [3.63, 3.8) is 0 Å². The van der Waals surface area contributed by atoms with Crippen LogP contribution < -0.4 is 5.32 Å². The minimum Gasteiger partial charge on any atom is -0.310 e. The molecule has 1 atom stereocenters. The number of hydrogen-bond donors (Lipinski definition) is 1. The molecule has 0 aromatic carbocycles. The molecule has 1 heterocycles. The van der Waals surface area contributed by atoms with E-state index in [9.17, 15) is 0 Å². The van der Waals surface area contributed by atoms with Crippen LogP contribution in [0.25, 0.3) is 0 Å². The van der Waals surface area contributed by atoms with Crippen molar-refractivity contribution in [2.24, 2.45) is 17.8 Å². The van der Waals surface area contributed by atoms with E-state index in [4.69, 9.17) is 0 Å². The van der Waals surface area contributed by atoms with Gasteiger partial charge in [-0.3, -0.25) is 0 Å². The lowest BCUT2D eigenvalue weighted by Gasteiger charge is -2.36. The van der Waals surface area contributed by atoms with Gasteiger partial charge in [0, 0.05) is 15.9 Å². The van der Waals surface area contributed by atoms with Crippen molar-refractivity contribution in [2.75, 3.05) is 6.54 Å². The Balaban J connectivity index is 2.03. The zero-order chi connectivity index (χ0) is 14.5. The quantitative estimate of drug-likeness (QED) is 0.656. The molecular weight excluding hydrogens is 330 g/mol. The normalized spacial score (nSPS) is 25.1. The Morgan fingerprint density at radius 3 is 2.35 bits per heavy atom. The minimum atomic E-state index is 0.545. The van der Waals surface area contributed by atoms with Crippen LogP contribution in [0.2, 0.25) is 0 Å². The summed E-state index contributed by atoms with van der Waals surface area (Å²) in [4.78, 5) is 0. The summed E-state index contributed by atoms with van der Waals surface area (Å²) in [5, 5.41) is 8.35. The molecule has 1 aromatic heterocycles. The van der Waals surface area contributed by atoms with Gasteiger partial charge in [-0.25, -0.2) is 0 Å². The second-order valence-corrected chi connectivity index (χ2v) is 8.12. The molecule has 0 amide bonds. The van der Waals surface area contributed by atoms with Gasteiger partial charge in [0.2, 0.25) is 0 Å². The summed E-state index contributed by atoms with van der Waals surface area (Å²) < 4.78 is 1.29. The summed E-state index contributed by atoms with van der Waals surface area (Å²) in [6, 6.07) is 0.545. The highest BCUT2D eigenvalue weighted by Gasteiger charge is 2.30. The van der Waals surface area contributed by atoms with Gasteiger partial charge in [-0.1, -0.05) is 20.8 Å². The molecule has 1 aliphatic rings. The van der Waals surface area contributed by atoms with E-state index in [-0.39, 0.29) is 0 Å². The van der Waals surface area contributed by atoms with E-state index in [0.29, 0.717) is 6.04 Å². The molecule has 3 heteroatoms.